The van der Waals surface area contributed by atoms with Crippen LogP contribution in [0, 0.1) is 5.41 Å². The van der Waals surface area contributed by atoms with E-state index < -0.39 is 48.6 Å². The van der Waals surface area contributed by atoms with E-state index in [1.807, 2.05) is 48.5 Å². The van der Waals surface area contributed by atoms with Crippen molar-refractivity contribution < 1.29 is 37.4 Å². The molecule has 0 spiro atoms. The highest BCUT2D eigenvalue weighted by Crippen LogP contribution is 2.46. The van der Waals surface area contributed by atoms with Gasteiger partial charge in [0.2, 0.25) is 5.91 Å². The molecule has 1 heterocycles. The van der Waals surface area contributed by atoms with Crippen LogP contribution in [0.5, 0.6) is 0 Å². The van der Waals surface area contributed by atoms with Crippen LogP contribution in [0.25, 0.3) is 11.1 Å². The maximum atomic E-state index is 13.3. The fourth-order valence-corrected chi connectivity index (χ4v) is 4.83. The van der Waals surface area contributed by atoms with Gasteiger partial charge in [-0.25, -0.2) is 4.79 Å². The number of rotatable bonds is 6. The Kier molecular flexibility index (Phi) is 6.48. The first-order valence-corrected chi connectivity index (χ1v) is 11.2. The van der Waals surface area contributed by atoms with Crippen molar-refractivity contribution in [3.8, 4) is 11.1 Å². The zero-order valence-electron chi connectivity index (χ0n) is 19.0. The van der Waals surface area contributed by atoms with Crippen molar-refractivity contribution in [2.75, 3.05) is 19.7 Å². The van der Waals surface area contributed by atoms with Crippen LogP contribution in [0.2, 0.25) is 0 Å². The molecule has 7 nitrogen and oxygen atoms in total. The molecule has 0 aromatic heterocycles. The highest BCUT2D eigenvalue weighted by molar-refractivity contribution is 5.82. The van der Waals surface area contributed by atoms with E-state index in [2.05, 4.69) is 5.32 Å². The van der Waals surface area contributed by atoms with Crippen molar-refractivity contribution in [2.24, 2.45) is 5.41 Å². The van der Waals surface area contributed by atoms with Crippen molar-refractivity contribution >= 4 is 18.0 Å². The fourth-order valence-electron chi connectivity index (χ4n) is 4.83. The Labute approximate surface area is 199 Å². The molecular weight excluding hydrogens is 465 g/mol. The summed E-state index contributed by atoms with van der Waals surface area (Å²) in [7, 11) is 0. The lowest BCUT2D eigenvalue weighted by Gasteiger charge is -2.27. The summed E-state index contributed by atoms with van der Waals surface area (Å²) in [6.07, 6.45) is -6.70. The second kappa shape index (κ2) is 9.24. The largest absolute Gasteiger partial charge is 0.481 e. The van der Waals surface area contributed by atoms with Crippen molar-refractivity contribution in [2.45, 2.75) is 37.9 Å². The average Bonchev–Trinajstić information content (AvgIpc) is 3.39. The van der Waals surface area contributed by atoms with E-state index in [0.717, 1.165) is 27.2 Å². The molecule has 0 bridgehead atoms. The quantitative estimate of drug-likeness (QED) is 0.634. The highest BCUT2D eigenvalue weighted by Gasteiger charge is 2.64. The molecule has 4 rings (SSSR count). The topological polar surface area (TPSA) is 95.9 Å². The monoisotopic (exact) mass is 490 g/mol. The number of ether oxygens (including phenoxy) is 1. The minimum absolute atomic E-state index is 0.0827. The summed E-state index contributed by atoms with van der Waals surface area (Å²) in [5.41, 5.74) is 1.29. The number of alkyl carbamates (subject to hydrolysis) is 1. The number of carboxylic acids is 1. The molecular formula is C25H25F3N2O5. The SMILES string of the molecule is C[C@H](CC(=O)N1CCC(C(=O)O)(C(F)(F)F)C1)NC(=O)OCC1c2ccccc2-c2ccccc21. The molecule has 10 heteroatoms. The van der Waals surface area contributed by atoms with Crippen LogP contribution < -0.4 is 5.32 Å². The molecule has 0 saturated carbocycles. The van der Waals surface area contributed by atoms with E-state index in [9.17, 15) is 27.6 Å². The number of alkyl halides is 3. The lowest BCUT2D eigenvalue weighted by molar-refractivity contribution is -0.227. The zero-order chi connectivity index (χ0) is 25.4. The number of hydrogen-bond donors (Lipinski definition) is 2. The molecule has 1 aliphatic carbocycles. The number of benzene rings is 2. The lowest BCUT2D eigenvalue weighted by atomic mass is 9.86. The first kappa shape index (κ1) is 24.6. The van der Waals surface area contributed by atoms with E-state index in [1.54, 1.807) is 0 Å². The van der Waals surface area contributed by atoms with Crippen molar-refractivity contribution in [1.82, 2.24) is 10.2 Å². The van der Waals surface area contributed by atoms with Crippen molar-refractivity contribution in [3.63, 3.8) is 0 Å². The van der Waals surface area contributed by atoms with Crippen LogP contribution in [0.1, 0.15) is 36.8 Å². The van der Waals surface area contributed by atoms with Crippen LogP contribution in [-0.2, 0) is 14.3 Å². The van der Waals surface area contributed by atoms with Gasteiger partial charge in [0, 0.05) is 31.5 Å². The Morgan fingerprint density at radius 2 is 1.69 bits per heavy atom. The molecule has 2 N–H and O–H groups in total. The van der Waals surface area contributed by atoms with Gasteiger partial charge in [-0.15, -0.1) is 0 Å². The Morgan fingerprint density at radius 1 is 1.11 bits per heavy atom. The number of likely N-dealkylation sites (tertiary alicyclic amines) is 1. The standard InChI is InChI=1S/C25H25F3N2O5/c1-15(12-21(31)30-11-10-24(14-30,22(32)33)25(26,27)28)29-23(34)35-13-20-18-8-4-2-6-16(18)17-7-3-5-9-19(17)20/h2-9,15,20H,10-14H2,1H3,(H,29,34)(H,32,33)/t15-,24?/m1/s1. The fraction of sp³-hybridized carbons (Fsp3) is 0.400. The molecule has 1 unspecified atom stereocenters. The molecule has 186 valence electrons. The Morgan fingerprint density at radius 3 is 2.20 bits per heavy atom. The zero-order valence-corrected chi connectivity index (χ0v) is 19.0. The molecule has 2 aromatic rings. The number of carboxylic acid groups (broad SMARTS) is 1. The van der Waals surface area contributed by atoms with E-state index in [1.165, 1.54) is 6.92 Å². The first-order chi connectivity index (χ1) is 16.5. The number of aliphatic carboxylic acids is 1. The Bertz CT molecular complexity index is 1110. The number of carbonyl (C=O) groups excluding carboxylic acids is 2. The minimum Gasteiger partial charge on any atom is -0.481 e. The predicted molar refractivity (Wildman–Crippen MR) is 120 cm³/mol. The third-order valence-corrected chi connectivity index (χ3v) is 6.76. The summed E-state index contributed by atoms with van der Waals surface area (Å²) in [5, 5.41) is 11.7. The number of carbonyl (C=O) groups is 3. The Hall–Kier alpha value is -3.56. The summed E-state index contributed by atoms with van der Waals surface area (Å²) in [6, 6.07) is 15.0. The number of nitrogens with zero attached hydrogens (tertiary/aromatic N) is 1. The molecule has 2 amide bonds. The number of amides is 2. The number of fused-ring (bicyclic) bond motifs is 3. The molecule has 1 aliphatic heterocycles. The average molecular weight is 490 g/mol. The first-order valence-electron chi connectivity index (χ1n) is 11.2. The van der Waals surface area contributed by atoms with Gasteiger partial charge in [0.1, 0.15) is 6.61 Å². The van der Waals surface area contributed by atoms with E-state index in [4.69, 9.17) is 9.84 Å². The third kappa shape index (κ3) is 4.56. The lowest BCUT2D eigenvalue weighted by Crippen LogP contribution is -2.48. The third-order valence-electron chi connectivity index (χ3n) is 6.76. The minimum atomic E-state index is -4.97. The van der Waals surface area contributed by atoms with Gasteiger partial charge < -0.3 is 20.1 Å². The van der Waals surface area contributed by atoms with Crippen molar-refractivity contribution in [3.05, 3.63) is 59.7 Å². The number of nitrogens with one attached hydrogen (secondary N) is 1. The Balaban J connectivity index is 1.31. The van der Waals surface area contributed by atoms with Gasteiger partial charge in [-0.3, -0.25) is 9.59 Å². The van der Waals surface area contributed by atoms with E-state index in [0.29, 0.717) is 0 Å². The molecule has 35 heavy (non-hydrogen) atoms. The van der Waals surface area contributed by atoms with Crippen LogP contribution in [0.15, 0.2) is 48.5 Å². The van der Waals surface area contributed by atoms with Crippen LogP contribution in [0.4, 0.5) is 18.0 Å². The summed E-state index contributed by atoms with van der Waals surface area (Å²) in [5.74, 6) is -2.80. The van der Waals surface area contributed by atoms with Crippen LogP contribution >= 0.6 is 0 Å². The summed E-state index contributed by atoms with van der Waals surface area (Å²) in [4.78, 5) is 37.1. The van der Waals surface area contributed by atoms with Crippen LogP contribution in [0.3, 0.4) is 0 Å². The van der Waals surface area contributed by atoms with E-state index >= 15 is 0 Å². The van der Waals surface area contributed by atoms with Gasteiger partial charge in [-0.2, -0.15) is 13.2 Å². The maximum Gasteiger partial charge on any atom is 0.407 e. The van der Waals surface area contributed by atoms with Crippen molar-refractivity contribution in [1.29, 1.82) is 0 Å². The van der Waals surface area contributed by atoms with Gasteiger partial charge in [0.15, 0.2) is 5.41 Å². The van der Waals surface area contributed by atoms with Crippen LogP contribution in [-0.4, -0.2) is 59.9 Å². The number of halogens is 3. The maximum absolute atomic E-state index is 13.3. The molecule has 2 atom stereocenters. The summed E-state index contributed by atoms with van der Waals surface area (Å²) < 4.78 is 45.5. The summed E-state index contributed by atoms with van der Waals surface area (Å²) >= 11 is 0. The highest BCUT2D eigenvalue weighted by atomic mass is 19.4. The van der Waals surface area contributed by atoms with Gasteiger partial charge in [0.25, 0.3) is 0 Å². The van der Waals surface area contributed by atoms with Gasteiger partial charge in [-0.1, -0.05) is 48.5 Å². The van der Waals surface area contributed by atoms with Gasteiger partial charge in [-0.05, 0) is 35.6 Å². The molecule has 1 fully saturated rings. The molecule has 2 aromatic carbocycles. The van der Waals surface area contributed by atoms with Gasteiger partial charge in [0.05, 0.1) is 0 Å². The predicted octanol–water partition coefficient (Wildman–Crippen LogP) is 4.17. The molecule has 2 aliphatic rings. The second-order valence-electron chi connectivity index (χ2n) is 9.03. The summed E-state index contributed by atoms with van der Waals surface area (Å²) in [6.45, 7) is 0.355. The smallest absolute Gasteiger partial charge is 0.407 e. The second-order valence-corrected chi connectivity index (χ2v) is 9.03. The number of hydrogen-bond acceptors (Lipinski definition) is 4. The molecule has 1 saturated heterocycles. The van der Waals surface area contributed by atoms with E-state index in [-0.39, 0.29) is 25.5 Å². The normalized spacial score (nSPS) is 20.2. The van der Waals surface area contributed by atoms with Gasteiger partial charge >= 0.3 is 18.2 Å². The molecule has 0 radical (unpaired) electrons.